The third-order valence-electron chi connectivity index (χ3n) is 13.5. The fraction of sp³-hybridized carbons (Fsp3) is 0. The van der Waals surface area contributed by atoms with E-state index in [0.717, 1.165) is 10.8 Å². The van der Waals surface area contributed by atoms with E-state index < -0.39 is 0 Å². The summed E-state index contributed by atoms with van der Waals surface area (Å²) in [5.41, 5.74) is 0.543. The van der Waals surface area contributed by atoms with E-state index in [1.165, 1.54) is 0 Å². The van der Waals surface area contributed by atoms with Gasteiger partial charge in [-0.25, -0.2) is 0 Å². The van der Waals surface area contributed by atoms with Crippen molar-refractivity contribution in [3.05, 3.63) is 42.5 Å². The summed E-state index contributed by atoms with van der Waals surface area (Å²) < 4.78 is 6.08. The van der Waals surface area contributed by atoms with Gasteiger partial charge in [-0.1, -0.05) is 95.3 Å². The van der Waals surface area contributed by atoms with Gasteiger partial charge in [0.25, 0.3) is 0 Å². The minimum Gasteiger partial charge on any atom is -0.456 e. The molecule has 0 aliphatic carbocycles. The molecule has 0 aliphatic rings. The maximum Gasteiger partial charge on any atom is 0.135 e. The molecule has 1 heterocycles. The van der Waals surface area contributed by atoms with Gasteiger partial charge in [0.1, 0.15) is 176 Å². The maximum absolute atomic E-state index is 7.34. The van der Waals surface area contributed by atoms with Gasteiger partial charge in [-0.05, 0) is 94.7 Å². The van der Waals surface area contributed by atoms with Gasteiger partial charge in [0.05, 0.1) is 0 Å². The molecule has 0 N–H and O–H groups in total. The molecule has 9 aromatic carbocycles. The van der Waals surface area contributed by atoms with E-state index >= 15 is 0 Å². The predicted octanol–water partition coefficient (Wildman–Crippen LogP) is -12.1. The van der Waals surface area contributed by atoms with E-state index in [-0.39, 0.29) is 180 Å². The number of hydrogen-bond acceptors (Lipinski definition) is 1. The van der Waals surface area contributed by atoms with Gasteiger partial charge in [0.2, 0.25) is 0 Å². The fourth-order valence-electron chi connectivity index (χ4n) is 9.97. The molecule has 1 aromatic heterocycles. The first-order valence-corrected chi connectivity index (χ1v) is 20.5. The number of fused-ring (bicyclic) bond motifs is 8. The molecule has 22 heteroatoms. The SMILES string of the molecule is [B]c1c([B])c(-c2c3c([B])c([B])c([B])c([B])c3c(-c3c([B])c4c([B])c([B])c([B])c([B])c4c4c([B])c([B])c([B])c([B])c34)c3c([B])c([B])c([B])c([B])c23)c([B])c([B])c1-c1ccc2oc3ccccc3c2c1. The van der Waals surface area contributed by atoms with Crippen LogP contribution in [0.1, 0.15) is 0 Å². The monoisotopic (exact) mass is 806 g/mol. The summed E-state index contributed by atoms with van der Waals surface area (Å²) in [6, 6.07) is 13.0. The lowest BCUT2D eigenvalue weighted by Gasteiger charge is -2.33. The van der Waals surface area contributed by atoms with Crippen molar-refractivity contribution in [2.45, 2.75) is 0 Å². The molecule has 260 valence electrons. The molecular weight excluding hydrogens is 796 g/mol. The van der Waals surface area contributed by atoms with Crippen molar-refractivity contribution in [3.63, 3.8) is 0 Å². The lowest BCUT2D eigenvalue weighted by molar-refractivity contribution is 0.669. The average Bonchev–Trinajstić information content (AvgIpc) is 3.70. The van der Waals surface area contributed by atoms with Crippen molar-refractivity contribution >= 4 is 345 Å². The summed E-state index contributed by atoms with van der Waals surface area (Å²) in [4.78, 5) is 0. The van der Waals surface area contributed by atoms with Crippen LogP contribution in [0.3, 0.4) is 0 Å². The Morgan fingerprint density at radius 2 is 0.544 bits per heavy atom. The van der Waals surface area contributed by atoms with Gasteiger partial charge < -0.3 is 4.42 Å². The van der Waals surface area contributed by atoms with Crippen molar-refractivity contribution in [3.8, 4) is 33.4 Å². The highest BCUT2D eigenvalue weighted by molar-refractivity contribution is 6.76. The van der Waals surface area contributed by atoms with E-state index in [9.17, 15) is 0 Å². The van der Waals surface area contributed by atoms with Crippen LogP contribution in [-0.2, 0) is 0 Å². The quantitative estimate of drug-likeness (QED) is 0.0985. The molecule has 1 nitrogen and oxygen atoms in total. The Balaban J connectivity index is 1.48. The van der Waals surface area contributed by atoms with E-state index in [2.05, 4.69) is 0 Å². The summed E-state index contributed by atoms with van der Waals surface area (Å²) in [5.74, 6) is 0. The molecule has 0 aliphatic heterocycles. The van der Waals surface area contributed by atoms with Crippen LogP contribution >= 0.6 is 0 Å². The topological polar surface area (TPSA) is 13.1 Å². The molecular formula is C46H7B21O. The highest BCUT2D eigenvalue weighted by atomic mass is 16.3. The van der Waals surface area contributed by atoms with Crippen molar-refractivity contribution in [2.75, 3.05) is 0 Å². The number of rotatable bonds is 3. The lowest BCUT2D eigenvalue weighted by atomic mass is 9.56. The Hall–Kier alpha value is -4.82. The summed E-state index contributed by atoms with van der Waals surface area (Å²) in [6.45, 7) is 0. The van der Waals surface area contributed by atoms with Crippen LogP contribution in [0, 0.1) is 0 Å². The van der Waals surface area contributed by atoms with Crippen LogP contribution in [-0.4, -0.2) is 165 Å². The molecule has 0 amide bonds. The molecule has 0 fully saturated rings. The Labute approximate surface area is 422 Å². The highest BCUT2D eigenvalue weighted by Crippen LogP contribution is 2.42. The van der Waals surface area contributed by atoms with Gasteiger partial charge in [0.15, 0.2) is 0 Å². The molecule has 0 saturated heterocycles. The summed E-state index contributed by atoms with van der Waals surface area (Å²) in [5, 5.41) is 2.36. The Morgan fingerprint density at radius 3 is 0.985 bits per heavy atom. The van der Waals surface area contributed by atoms with Crippen LogP contribution in [0.4, 0.5) is 0 Å². The molecule has 0 saturated carbocycles. The van der Waals surface area contributed by atoms with Gasteiger partial charge in [-0.2, -0.15) is 0 Å². The molecule has 68 heavy (non-hydrogen) atoms. The molecule has 0 spiro atoms. The maximum atomic E-state index is 7.34. The van der Waals surface area contributed by atoms with Crippen LogP contribution < -0.4 is 115 Å². The minimum absolute atomic E-state index is 0.0279. The van der Waals surface area contributed by atoms with E-state index in [1.54, 1.807) is 12.1 Å². The predicted molar refractivity (Wildman–Crippen MR) is 313 cm³/mol. The first-order chi connectivity index (χ1) is 32.1. The average molecular weight is 803 g/mol. The van der Waals surface area contributed by atoms with Gasteiger partial charge in [-0.3, -0.25) is 0 Å². The minimum atomic E-state index is -0.144. The largest absolute Gasteiger partial charge is 0.456 e. The fourth-order valence-corrected chi connectivity index (χ4v) is 9.97. The van der Waals surface area contributed by atoms with Crippen molar-refractivity contribution in [1.82, 2.24) is 0 Å². The van der Waals surface area contributed by atoms with Crippen molar-refractivity contribution < 1.29 is 4.42 Å². The third-order valence-corrected chi connectivity index (χ3v) is 13.5. The molecule has 0 atom stereocenters. The normalized spacial score (nSPS) is 11.9. The standard InChI is InChI=1S/C46H7B21O/c47-26-16(21-22(34(55)44(65)43(64)33(21)54)23-25(26)38(59)46(67)45(66)35(23)56)14-17-19(31(52)41(62)39(60)29(17)50)15(20-18(14)30(51)40(61)42(63)32(20)53)24-36(57)27(48)13(28(49)37(24)58)8-5-6-12-10(7-8)9-3-1-2-4-11(9)68-12/h1-7H. The summed E-state index contributed by atoms with van der Waals surface area (Å²) in [6.07, 6.45) is 0. The zero-order chi connectivity index (χ0) is 49.2. The third kappa shape index (κ3) is 6.06. The molecule has 10 rings (SSSR count). The van der Waals surface area contributed by atoms with E-state index in [1.807, 2.05) is 30.3 Å². The number of hydrogen-bond donors (Lipinski definition) is 0. The van der Waals surface area contributed by atoms with Crippen molar-refractivity contribution in [1.29, 1.82) is 0 Å². The number of furan rings is 1. The zero-order valence-corrected chi connectivity index (χ0v) is 36.1. The Kier molecular flexibility index (Phi) is 11.1. The van der Waals surface area contributed by atoms with Crippen LogP contribution in [0.15, 0.2) is 46.9 Å². The van der Waals surface area contributed by atoms with Crippen molar-refractivity contribution in [2.24, 2.45) is 0 Å². The second-order valence-electron chi connectivity index (χ2n) is 16.9. The van der Waals surface area contributed by atoms with Crippen LogP contribution in [0.2, 0.25) is 0 Å². The van der Waals surface area contributed by atoms with Gasteiger partial charge in [-0.15, -0.1) is 43.7 Å². The second kappa shape index (κ2) is 16.1. The van der Waals surface area contributed by atoms with E-state index in [4.69, 9.17) is 169 Å². The van der Waals surface area contributed by atoms with Crippen LogP contribution in [0.25, 0.3) is 98.4 Å². The molecule has 0 bridgehead atoms. The smallest absolute Gasteiger partial charge is 0.135 e. The van der Waals surface area contributed by atoms with Gasteiger partial charge >= 0.3 is 0 Å². The highest BCUT2D eigenvalue weighted by Gasteiger charge is 2.30. The lowest BCUT2D eigenvalue weighted by Crippen LogP contribution is -2.52. The number of benzene rings is 9. The summed E-state index contributed by atoms with van der Waals surface area (Å²) in [7, 11) is 144. The Bertz CT molecular complexity index is 3930. The van der Waals surface area contributed by atoms with E-state index in [0.29, 0.717) is 22.3 Å². The molecule has 0 unspecified atom stereocenters. The summed E-state index contributed by atoms with van der Waals surface area (Å²) >= 11 is 0. The zero-order valence-electron chi connectivity index (χ0n) is 36.1. The van der Waals surface area contributed by atoms with Crippen LogP contribution in [0.5, 0.6) is 0 Å². The van der Waals surface area contributed by atoms with Gasteiger partial charge in [0, 0.05) is 10.8 Å². The Morgan fingerprint density at radius 1 is 0.221 bits per heavy atom. The first kappa shape index (κ1) is 46.9. The number of para-hydroxylation sites is 1. The molecule has 10 aromatic rings. The molecule has 42 radical (unpaired) electrons. The second-order valence-corrected chi connectivity index (χ2v) is 16.9. The first-order valence-electron chi connectivity index (χ1n) is 20.5.